The minimum atomic E-state index is -0.508. The summed E-state index contributed by atoms with van der Waals surface area (Å²) < 4.78 is 7.32. The van der Waals surface area contributed by atoms with Gasteiger partial charge in [-0.3, -0.25) is 15.0 Å². The Labute approximate surface area is 241 Å². The number of rotatable bonds is 5. The van der Waals surface area contributed by atoms with Gasteiger partial charge in [0.1, 0.15) is 11.4 Å². The summed E-state index contributed by atoms with van der Waals surface area (Å²) >= 11 is 0. The van der Waals surface area contributed by atoms with E-state index in [2.05, 4.69) is 48.4 Å². The molecule has 1 aliphatic rings. The summed E-state index contributed by atoms with van der Waals surface area (Å²) in [5, 5.41) is 13.0. The molecule has 41 heavy (non-hydrogen) atoms. The second-order valence-corrected chi connectivity index (χ2v) is 12.7. The first-order valence-electron chi connectivity index (χ1n) is 14.1. The summed E-state index contributed by atoms with van der Waals surface area (Å²) in [6, 6.07) is 21.6. The fourth-order valence-electron chi connectivity index (χ4n) is 5.06. The van der Waals surface area contributed by atoms with E-state index in [0.717, 1.165) is 46.4 Å². The van der Waals surface area contributed by atoms with Gasteiger partial charge < -0.3 is 10.1 Å². The van der Waals surface area contributed by atoms with Crippen LogP contribution in [0.2, 0.25) is 0 Å². The van der Waals surface area contributed by atoms with E-state index < -0.39 is 5.60 Å². The number of amides is 2. The molecule has 0 bridgehead atoms. The maximum atomic E-state index is 13.2. The summed E-state index contributed by atoms with van der Waals surface area (Å²) in [6.45, 7) is 13.6. The molecule has 214 valence electrons. The third-order valence-corrected chi connectivity index (χ3v) is 7.06. The highest BCUT2D eigenvalue weighted by Crippen LogP contribution is 2.29. The largest absolute Gasteiger partial charge is 0.459 e. The van der Waals surface area contributed by atoms with Crippen LogP contribution < -0.4 is 10.6 Å². The zero-order valence-electron chi connectivity index (χ0n) is 24.7. The summed E-state index contributed by atoms with van der Waals surface area (Å²) in [5.74, 6) is 0.358. The topological polar surface area (TPSA) is 88.5 Å². The number of nitrogens with zero attached hydrogens (tertiary/aromatic N) is 3. The van der Waals surface area contributed by atoms with Crippen LogP contribution >= 0.6 is 0 Å². The van der Waals surface area contributed by atoms with Gasteiger partial charge in [-0.1, -0.05) is 63.2 Å². The van der Waals surface area contributed by atoms with Crippen LogP contribution in [0.25, 0.3) is 16.5 Å². The van der Waals surface area contributed by atoms with E-state index in [0.29, 0.717) is 12.4 Å². The molecule has 4 aromatic rings. The van der Waals surface area contributed by atoms with Gasteiger partial charge in [0, 0.05) is 30.0 Å². The Morgan fingerprint density at radius 3 is 2.41 bits per heavy atom. The maximum Gasteiger partial charge on any atom is 0.324 e. The lowest BCUT2D eigenvalue weighted by Gasteiger charge is -2.29. The quantitative estimate of drug-likeness (QED) is 0.270. The first kappa shape index (κ1) is 28.4. The minimum Gasteiger partial charge on any atom is -0.459 e. The lowest BCUT2D eigenvalue weighted by atomic mass is 9.92. The predicted molar refractivity (Wildman–Crippen MR) is 164 cm³/mol. The predicted octanol–water partition coefficient (Wildman–Crippen LogP) is 6.67. The molecule has 0 aliphatic carbocycles. The molecule has 3 aromatic carbocycles. The molecular formula is C33H39N5O3. The van der Waals surface area contributed by atoms with E-state index in [1.54, 1.807) is 4.68 Å². The lowest BCUT2D eigenvalue weighted by Crippen LogP contribution is -2.38. The van der Waals surface area contributed by atoms with Crippen molar-refractivity contribution in [1.82, 2.24) is 14.7 Å². The highest BCUT2D eigenvalue weighted by atomic mass is 16.6. The number of ether oxygens (including phenoxy) is 1. The number of esters is 1. The molecule has 1 aliphatic heterocycles. The highest BCUT2D eigenvalue weighted by Gasteiger charge is 2.25. The van der Waals surface area contributed by atoms with Gasteiger partial charge in [0.15, 0.2) is 0 Å². The van der Waals surface area contributed by atoms with Crippen molar-refractivity contribution >= 4 is 34.3 Å². The van der Waals surface area contributed by atoms with Crippen LogP contribution in [-0.2, 0) is 27.9 Å². The molecule has 0 atom stereocenters. The fraction of sp³-hybridized carbons (Fsp3) is 0.364. The van der Waals surface area contributed by atoms with Gasteiger partial charge in [-0.15, -0.1) is 0 Å². The summed E-state index contributed by atoms with van der Waals surface area (Å²) in [5.41, 5.74) is 4.11. The van der Waals surface area contributed by atoms with Gasteiger partial charge in [-0.25, -0.2) is 9.48 Å². The van der Waals surface area contributed by atoms with Crippen molar-refractivity contribution in [3.8, 4) is 5.69 Å². The highest BCUT2D eigenvalue weighted by molar-refractivity contribution is 6.06. The Balaban J connectivity index is 1.39. The summed E-state index contributed by atoms with van der Waals surface area (Å²) in [4.78, 5) is 27.8. The molecule has 1 aromatic heterocycles. The van der Waals surface area contributed by atoms with Crippen LogP contribution in [-0.4, -0.2) is 45.4 Å². The van der Waals surface area contributed by atoms with E-state index in [9.17, 15) is 9.59 Å². The molecule has 8 heteroatoms. The number of hydrogen-bond acceptors (Lipinski definition) is 5. The van der Waals surface area contributed by atoms with Gasteiger partial charge >= 0.3 is 12.0 Å². The van der Waals surface area contributed by atoms with Crippen LogP contribution in [0, 0.1) is 0 Å². The standard InChI is InChI=1S/C33H39N5O3/c1-32(2,3)28-19-29(35-31(40)34-27-13-9-11-23-10-7-8-12-26(23)27)38(36-28)25-15-14-22-16-17-37(20-24(22)18-25)21-30(39)41-33(4,5)6/h7-15,18-19H,16-17,20-21H2,1-6H3,(H2,34,35,40). The summed E-state index contributed by atoms with van der Waals surface area (Å²) in [6.07, 6.45) is 0.851. The molecule has 8 nitrogen and oxygen atoms in total. The maximum absolute atomic E-state index is 13.2. The number of aromatic nitrogens is 2. The Morgan fingerprint density at radius 1 is 0.902 bits per heavy atom. The number of benzene rings is 3. The number of hydrogen-bond donors (Lipinski definition) is 2. The van der Waals surface area contributed by atoms with E-state index in [-0.39, 0.29) is 24.0 Å². The van der Waals surface area contributed by atoms with Crippen molar-refractivity contribution in [1.29, 1.82) is 0 Å². The molecule has 2 N–H and O–H groups in total. The third-order valence-electron chi connectivity index (χ3n) is 7.06. The molecule has 0 saturated carbocycles. The molecule has 0 fully saturated rings. The minimum absolute atomic E-state index is 0.216. The van der Waals surface area contributed by atoms with Gasteiger partial charge in [0.05, 0.1) is 23.6 Å². The average molecular weight is 554 g/mol. The number of fused-ring (bicyclic) bond motifs is 2. The molecule has 0 saturated heterocycles. The average Bonchev–Trinajstić information content (AvgIpc) is 3.31. The van der Waals surface area contributed by atoms with Gasteiger partial charge in [0.2, 0.25) is 0 Å². The van der Waals surface area contributed by atoms with Gasteiger partial charge in [0.25, 0.3) is 0 Å². The number of anilines is 2. The van der Waals surface area contributed by atoms with E-state index in [4.69, 9.17) is 9.84 Å². The van der Waals surface area contributed by atoms with Crippen molar-refractivity contribution in [3.05, 3.63) is 83.6 Å². The van der Waals surface area contributed by atoms with Crippen LogP contribution in [0.3, 0.4) is 0 Å². The van der Waals surface area contributed by atoms with Crippen LogP contribution in [0.4, 0.5) is 16.3 Å². The van der Waals surface area contributed by atoms with Gasteiger partial charge in [-0.05, 0) is 61.9 Å². The Kier molecular flexibility index (Phi) is 7.62. The Morgan fingerprint density at radius 2 is 1.66 bits per heavy atom. The second kappa shape index (κ2) is 11.0. The monoisotopic (exact) mass is 553 g/mol. The second-order valence-electron chi connectivity index (χ2n) is 12.7. The Bertz CT molecular complexity index is 1590. The normalized spacial score (nSPS) is 14.0. The SMILES string of the molecule is CC(C)(C)OC(=O)CN1CCc2ccc(-n3nc(C(C)(C)C)cc3NC(=O)Nc3cccc4ccccc34)cc2C1. The van der Waals surface area contributed by atoms with Gasteiger partial charge in [-0.2, -0.15) is 5.10 Å². The van der Waals surface area contributed by atoms with Crippen molar-refractivity contribution < 1.29 is 14.3 Å². The third kappa shape index (κ3) is 6.77. The molecule has 0 unspecified atom stereocenters. The van der Waals surface area contributed by atoms with Crippen molar-refractivity contribution in [2.45, 2.75) is 65.5 Å². The molecule has 5 rings (SSSR count). The molecule has 2 heterocycles. The van der Waals surface area contributed by atoms with Crippen molar-refractivity contribution in [2.24, 2.45) is 0 Å². The molecular weight excluding hydrogens is 514 g/mol. The molecule has 0 radical (unpaired) electrons. The van der Waals surface area contributed by atoms with Crippen LogP contribution in [0.1, 0.15) is 58.4 Å². The number of carbonyl (C=O) groups is 2. The first-order valence-corrected chi connectivity index (χ1v) is 14.1. The molecule has 2 amide bonds. The first-order chi connectivity index (χ1) is 19.4. The van der Waals surface area contributed by atoms with Crippen molar-refractivity contribution in [3.63, 3.8) is 0 Å². The summed E-state index contributed by atoms with van der Waals surface area (Å²) in [7, 11) is 0. The van der Waals surface area contributed by atoms with E-state index in [1.165, 1.54) is 5.56 Å². The number of nitrogens with one attached hydrogen (secondary N) is 2. The zero-order valence-corrected chi connectivity index (χ0v) is 24.7. The van der Waals surface area contributed by atoms with E-state index >= 15 is 0 Å². The Hall–Kier alpha value is -4.17. The zero-order chi connectivity index (χ0) is 29.4. The smallest absolute Gasteiger partial charge is 0.324 e. The number of carbonyl (C=O) groups excluding carboxylic acids is 2. The number of urea groups is 1. The van der Waals surface area contributed by atoms with Crippen molar-refractivity contribution in [2.75, 3.05) is 23.7 Å². The van der Waals surface area contributed by atoms with E-state index in [1.807, 2.05) is 75.4 Å². The van der Waals surface area contributed by atoms with Crippen LogP contribution in [0.15, 0.2) is 66.7 Å². The fourth-order valence-corrected chi connectivity index (χ4v) is 5.06. The van der Waals surface area contributed by atoms with Crippen LogP contribution in [0.5, 0.6) is 0 Å². The lowest BCUT2D eigenvalue weighted by molar-refractivity contribution is -0.156. The molecule has 0 spiro atoms.